The van der Waals surface area contributed by atoms with Crippen LogP contribution in [0.25, 0.3) is 0 Å². The molecule has 0 fully saturated rings. The van der Waals surface area contributed by atoms with Crippen LogP contribution in [-0.2, 0) is 12.6 Å². The van der Waals surface area contributed by atoms with Gasteiger partial charge in [-0.05, 0) is 22.6 Å². The number of alkyl halides is 6. The molecule has 0 atom stereocenters. The summed E-state index contributed by atoms with van der Waals surface area (Å²) in [6, 6.07) is 1.57. The van der Waals surface area contributed by atoms with Crippen molar-refractivity contribution in [3.63, 3.8) is 0 Å². The van der Waals surface area contributed by atoms with Crippen LogP contribution in [0.15, 0.2) is 6.20 Å². The van der Waals surface area contributed by atoms with Gasteiger partial charge in [0.15, 0.2) is 5.75 Å². The highest BCUT2D eigenvalue weighted by Gasteiger charge is 2.42. The van der Waals surface area contributed by atoms with Gasteiger partial charge in [0, 0.05) is 0 Å². The molecule has 1 heterocycles. The Morgan fingerprint density at radius 3 is 2.26 bits per heavy atom. The molecule has 1 rings (SSSR count). The van der Waals surface area contributed by atoms with Crippen LogP contribution in [0.5, 0.6) is 5.75 Å². The van der Waals surface area contributed by atoms with E-state index >= 15 is 0 Å². The summed E-state index contributed by atoms with van der Waals surface area (Å²) >= 11 is 1.19. The minimum Gasteiger partial charge on any atom is -0.403 e. The van der Waals surface area contributed by atoms with Crippen LogP contribution in [0.2, 0.25) is 0 Å². The van der Waals surface area contributed by atoms with Crippen LogP contribution < -0.4 is 4.74 Å². The van der Waals surface area contributed by atoms with Crippen molar-refractivity contribution in [3.8, 4) is 11.8 Å². The van der Waals surface area contributed by atoms with Gasteiger partial charge in [-0.15, -0.1) is 13.2 Å². The van der Waals surface area contributed by atoms with Crippen molar-refractivity contribution in [2.75, 3.05) is 0 Å². The molecular formula is C9H3F6IN2O. The van der Waals surface area contributed by atoms with Crippen molar-refractivity contribution in [3.05, 3.63) is 21.0 Å². The van der Waals surface area contributed by atoms with Crippen LogP contribution >= 0.6 is 22.6 Å². The van der Waals surface area contributed by atoms with Gasteiger partial charge in [0.25, 0.3) is 0 Å². The Morgan fingerprint density at radius 1 is 1.26 bits per heavy atom. The fraction of sp³-hybridized carbons (Fsp3) is 0.333. The van der Waals surface area contributed by atoms with Crippen molar-refractivity contribution in [1.82, 2.24) is 4.98 Å². The molecule has 0 aliphatic rings. The number of halogens is 7. The molecule has 0 saturated heterocycles. The van der Waals surface area contributed by atoms with Gasteiger partial charge in [-0.1, -0.05) is 0 Å². The molecule has 0 spiro atoms. The van der Waals surface area contributed by atoms with E-state index in [0.29, 0.717) is 6.20 Å². The van der Waals surface area contributed by atoms with Gasteiger partial charge in [0.05, 0.1) is 28.0 Å². The van der Waals surface area contributed by atoms with E-state index in [0.717, 1.165) is 0 Å². The third-order valence-corrected chi connectivity index (χ3v) is 2.97. The SMILES string of the molecule is N#CCc1ncc(OC(F)(F)F)c(C(F)(F)F)c1I. The Labute approximate surface area is 116 Å². The van der Waals surface area contributed by atoms with Crippen LogP contribution in [-0.4, -0.2) is 11.3 Å². The molecule has 0 bridgehead atoms. The number of pyridine rings is 1. The average Bonchev–Trinajstić information content (AvgIpc) is 2.18. The lowest BCUT2D eigenvalue weighted by Gasteiger charge is -2.17. The Bertz CT molecular complexity index is 519. The van der Waals surface area contributed by atoms with E-state index in [4.69, 9.17) is 5.26 Å². The molecule has 0 aromatic carbocycles. The van der Waals surface area contributed by atoms with Crippen LogP contribution in [0, 0.1) is 14.9 Å². The smallest absolute Gasteiger partial charge is 0.403 e. The number of nitrogens with zero attached hydrogens (tertiary/aromatic N) is 2. The molecule has 0 unspecified atom stereocenters. The van der Waals surface area contributed by atoms with E-state index in [1.807, 2.05) is 0 Å². The molecule has 19 heavy (non-hydrogen) atoms. The number of ether oxygens (including phenoxy) is 1. The van der Waals surface area contributed by atoms with Crippen molar-refractivity contribution in [2.45, 2.75) is 19.0 Å². The first-order valence-electron chi connectivity index (χ1n) is 4.43. The molecule has 0 aliphatic carbocycles. The predicted molar refractivity (Wildman–Crippen MR) is 58.0 cm³/mol. The summed E-state index contributed by atoms with van der Waals surface area (Å²) in [6.07, 6.45) is -10.5. The third kappa shape index (κ3) is 4.12. The lowest BCUT2D eigenvalue weighted by Crippen LogP contribution is -2.21. The number of hydrogen-bond acceptors (Lipinski definition) is 3. The van der Waals surface area contributed by atoms with Crippen molar-refractivity contribution in [1.29, 1.82) is 5.26 Å². The Balaban J connectivity index is 3.41. The van der Waals surface area contributed by atoms with Gasteiger partial charge < -0.3 is 4.74 Å². The largest absolute Gasteiger partial charge is 0.573 e. The van der Waals surface area contributed by atoms with Gasteiger partial charge in [0.2, 0.25) is 0 Å². The summed E-state index contributed by atoms with van der Waals surface area (Å²) in [5.74, 6) is -1.44. The maximum atomic E-state index is 12.7. The maximum absolute atomic E-state index is 12.7. The summed E-state index contributed by atoms with van der Waals surface area (Å²) in [7, 11) is 0. The topological polar surface area (TPSA) is 45.9 Å². The van der Waals surface area contributed by atoms with E-state index in [2.05, 4.69) is 9.72 Å². The molecule has 0 aliphatic heterocycles. The minimum atomic E-state index is -5.26. The van der Waals surface area contributed by atoms with Gasteiger partial charge in [-0.25, -0.2) is 0 Å². The normalized spacial score (nSPS) is 12.1. The summed E-state index contributed by atoms with van der Waals surface area (Å²) in [6.45, 7) is 0. The zero-order valence-corrected chi connectivity index (χ0v) is 10.9. The molecule has 0 radical (unpaired) electrons. The van der Waals surface area contributed by atoms with Gasteiger partial charge in [0.1, 0.15) is 5.56 Å². The molecule has 0 amide bonds. The number of aromatic nitrogens is 1. The predicted octanol–water partition coefficient (Wildman–Crippen LogP) is 3.67. The van der Waals surface area contributed by atoms with Gasteiger partial charge >= 0.3 is 12.5 Å². The van der Waals surface area contributed by atoms with Crippen molar-refractivity contribution in [2.24, 2.45) is 0 Å². The maximum Gasteiger partial charge on any atom is 0.573 e. The van der Waals surface area contributed by atoms with E-state index in [9.17, 15) is 26.3 Å². The first-order valence-corrected chi connectivity index (χ1v) is 5.51. The van der Waals surface area contributed by atoms with Gasteiger partial charge in [-0.2, -0.15) is 18.4 Å². The molecule has 0 N–H and O–H groups in total. The second kappa shape index (κ2) is 5.40. The lowest BCUT2D eigenvalue weighted by molar-refractivity contribution is -0.276. The quantitative estimate of drug-likeness (QED) is 0.567. The minimum absolute atomic E-state index is 0.259. The van der Waals surface area contributed by atoms with E-state index < -0.39 is 33.8 Å². The molecule has 1 aromatic heterocycles. The van der Waals surface area contributed by atoms with Crippen molar-refractivity contribution >= 4 is 22.6 Å². The van der Waals surface area contributed by atoms with Crippen LogP contribution in [0.1, 0.15) is 11.3 Å². The van der Waals surface area contributed by atoms with Crippen molar-refractivity contribution < 1.29 is 31.1 Å². The first-order chi connectivity index (χ1) is 8.56. The number of nitriles is 1. The van der Waals surface area contributed by atoms with E-state index in [-0.39, 0.29) is 5.69 Å². The highest BCUT2D eigenvalue weighted by Crippen LogP contribution is 2.41. The fourth-order valence-corrected chi connectivity index (χ4v) is 2.08. The summed E-state index contributed by atoms with van der Waals surface area (Å²) in [5, 5.41) is 8.41. The lowest BCUT2D eigenvalue weighted by atomic mass is 10.2. The Morgan fingerprint density at radius 2 is 1.84 bits per heavy atom. The van der Waals surface area contributed by atoms with Gasteiger partial charge in [-0.3, -0.25) is 4.98 Å². The van der Waals surface area contributed by atoms with Crippen LogP contribution in [0.3, 0.4) is 0 Å². The summed E-state index contributed by atoms with van der Waals surface area (Å²) in [4.78, 5) is 3.37. The first kappa shape index (κ1) is 15.8. The Kier molecular flexibility index (Phi) is 4.49. The zero-order chi connectivity index (χ0) is 14.8. The number of hydrogen-bond donors (Lipinski definition) is 0. The molecule has 0 saturated carbocycles. The monoisotopic (exact) mass is 396 g/mol. The average molecular weight is 396 g/mol. The second-order valence-corrected chi connectivity index (χ2v) is 4.22. The summed E-state index contributed by atoms with van der Waals surface area (Å²) < 4.78 is 77.0. The molecule has 3 nitrogen and oxygen atoms in total. The molecule has 104 valence electrons. The second-order valence-electron chi connectivity index (χ2n) is 3.14. The molecule has 10 heteroatoms. The van der Waals surface area contributed by atoms with E-state index in [1.165, 1.54) is 22.6 Å². The highest BCUT2D eigenvalue weighted by molar-refractivity contribution is 14.1. The Hall–Kier alpha value is -1.25. The molecule has 1 aromatic rings. The third-order valence-electron chi connectivity index (χ3n) is 1.81. The fourth-order valence-electron chi connectivity index (χ4n) is 1.17. The zero-order valence-electron chi connectivity index (χ0n) is 8.73. The van der Waals surface area contributed by atoms with E-state index in [1.54, 1.807) is 6.07 Å². The standard InChI is InChI=1S/C9H3F6IN2O/c10-8(11,12)6-5(19-9(13,14)15)3-18-4(1-2-17)7(6)16/h3H,1H2. The highest BCUT2D eigenvalue weighted by atomic mass is 127. The molecular weight excluding hydrogens is 393 g/mol. The number of rotatable bonds is 2. The van der Waals surface area contributed by atoms with Crippen LogP contribution in [0.4, 0.5) is 26.3 Å². The summed E-state index contributed by atoms with van der Waals surface area (Å²) in [5.41, 5.74) is -1.85.